The predicted octanol–water partition coefficient (Wildman–Crippen LogP) is 3.19. The topological polar surface area (TPSA) is 81.1 Å². The van der Waals surface area contributed by atoms with E-state index in [-0.39, 0.29) is 6.04 Å². The van der Waals surface area contributed by atoms with E-state index in [0.717, 1.165) is 5.56 Å². The quantitative estimate of drug-likeness (QED) is 0.756. The number of amides is 1. The zero-order chi connectivity index (χ0) is 14.7. The largest absolute Gasteiger partial charge is 0.397 e. The first-order chi connectivity index (χ1) is 9.49. The summed E-state index contributed by atoms with van der Waals surface area (Å²) in [4.78, 5) is 11.2. The normalized spacial score (nSPS) is 11.9. The van der Waals surface area contributed by atoms with Crippen LogP contribution in [0.2, 0.25) is 5.02 Å². The van der Waals surface area contributed by atoms with Gasteiger partial charge in [-0.2, -0.15) is 0 Å². The van der Waals surface area contributed by atoms with E-state index in [2.05, 4.69) is 5.32 Å². The molecule has 5 heteroatoms. The van der Waals surface area contributed by atoms with Gasteiger partial charge in [-0.25, -0.2) is 0 Å². The van der Waals surface area contributed by atoms with Crippen molar-refractivity contribution in [3.63, 3.8) is 0 Å². The second kappa shape index (κ2) is 5.84. The van der Waals surface area contributed by atoms with Crippen molar-refractivity contribution in [1.29, 1.82) is 0 Å². The minimum Gasteiger partial charge on any atom is -0.397 e. The van der Waals surface area contributed by atoms with Crippen LogP contribution in [-0.4, -0.2) is 5.91 Å². The molecule has 20 heavy (non-hydrogen) atoms. The molecule has 2 aromatic rings. The van der Waals surface area contributed by atoms with Crippen LogP contribution in [0.1, 0.15) is 28.9 Å². The molecule has 0 heterocycles. The van der Waals surface area contributed by atoms with E-state index in [4.69, 9.17) is 23.1 Å². The van der Waals surface area contributed by atoms with Crippen molar-refractivity contribution < 1.29 is 4.79 Å². The Labute approximate surface area is 122 Å². The number of rotatable bonds is 4. The third-order valence-corrected chi connectivity index (χ3v) is 3.43. The van der Waals surface area contributed by atoms with E-state index in [0.29, 0.717) is 22.0 Å². The van der Waals surface area contributed by atoms with Gasteiger partial charge >= 0.3 is 0 Å². The molecule has 1 atom stereocenters. The smallest absolute Gasteiger partial charge is 0.248 e. The van der Waals surface area contributed by atoms with E-state index in [1.165, 1.54) is 0 Å². The summed E-state index contributed by atoms with van der Waals surface area (Å²) in [7, 11) is 0. The Bertz CT molecular complexity index is 643. The van der Waals surface area contributed by atoms with Gasteiger partial charge in [0.25, 0.3) is 0 Å². The first-order valence-electron chi connectivity index (χ1n) is 6.19. The first-order valence-corrected chi connectivity index (χ1v) is 6.57. The summed E-state index contributed by atoms with van der Waals surface area (Å²) in [5.74, 6) is -0.488. The van der Waals surface area contributed by atoms with Crippen LogP contribution in [0.5, 0.6) is 0 Å². The van der Waals surface area contributed by atoms with Crippen molar-refractivity contribution in [1.82, 2.24) is 0 Å². The molecule has 0 bridgehead atoms. The van der Waals surface area contributed by atoms with E-state index >= 15 is 0 Å². The van der Waals surface area contributed by atoms with E-state index in [1.54, 1.807) is 18.2 Å². The summed E-state index contributed by atoms with van der Waals surface area (Å²) in [6, 6.07) is 12.4. The number of halogens is 1. The molecule has 0 aliphatic carbocycles. The molecule has 5 N–H and O–H groups in total. The molecule has 0 spiro atoms. The molecule has 0 fully saturated rings. The first kappa shape index (κ1) is 14.2. The van der Waals surface area contributed by atoms with Crippen molar-refractivity contribution in [2.24, 2.45) is 5.73 Å². The van der Waals surface area contributed by atoms with Gasteiger partial charge in [0.05, 0.1) is 17.4 Å². The lowest BCUT2D eigenvalue weighted by atomic mass is 10.1. The zero-order valence-corrected chi connectivity index (χ0v) is 11.8. The van der Waals surface area contributed by atoms with Gasteiger partial charge in [-0.3, -0.25) is 4.79 Å². The van der Waals surface area contributed by atoms with E-state index in [9.17, 15) is 4.79 Å². The van der Waals surface area contributed by atoms with Crippen molar-refractivity contribution in [2.45, 2.75) is 13.0 Å². The van der Waals surface area contributed by atoms with Crippen molar-refractivity contribution in [3.05, 3.63) is 58.6 Å². The summed E-state index contributed by atoms with van der Waals surface area (Å²) in [6.07, 6.45) is 0. The third kappa shape index (κ3) is 3.03. The molecular formula is C15H16ClN3O. The minimum atomic E-state index is -0.488. The van der Waals surface area contributed by atoms with Crippen LogP contribution in [-0.2, 0) is 0 Å². The second-order valence-electron chi connectivity index (χ2n) is 4.55. The fourth-order valence-electron chi connectivity index (χ4n) is 1.97. The van der Waals surface area contributed by atoms with E-state index < -0.39 is 5.91 Å². The fourth-order valence-corrected chi connectivity index (χ4v) is 2.27. The third-order valence-electron chi connectivity index (χ3n) is 3.08. The van der Waals surface area contributed by atoms with Gasteiger partial charge in [-0.05, 0) is 36.8 Å². The lowest BCUT2D eigenvalue weighted by molar-refractivity contribution is 0.100. The predicted molar refractivity (Wildman–Crippen MR) is 82.9 cm³/mol. The Hall–Kier alpha value is -2.20. The molecule has 0 saturated heterocycles. The summed E-state index contributed by atoms with van der Waals surface area (Å²) < 4.78 is 0. The molecular weight excluding hydrogens is 274 g/mol. The molecule has 1 amide bonds. The van der Waals surface area contributed by atoms with Crippen LogP contribution in [0.15, 0.2) is 42.5 Å². The SMILES string of the molecule is CC(Nc1cc(C(N)=O)ccc1N)c1ccccc1Cl. The lowest BCUT2D eigenvalue weighted by Crippen LogP contribution is -2.13. The zero-order valence-electron chi connectivity index (χ0n) is 11.1. The standard InChI is InChI=1S/C15H16ClN3O/c1-9(11-4-2-3-5-12(11)16)19-14-8-10(15(18)20)6-7-13(14)17/h2-9,19H,17H2,1H3,(H2,18,20). The van der Waals surface area contributed by atoms with Crippen LogP contribution >= 0.6 is 11.6 Å². The number of carbonyl (C=O) groups is 1. The average Bonchev–Trinajstić information content (AvgIpc) is 2.41. The summed E-state index contributed by atoms with van der Waals surface area (Å²) in [6.45, 7) is 1.97. The van der Waals surface area contributed by atoms with Gasteiger partial charge in [0.2, 0.25) is 5.91 Å². The Morgan fingerprint density at radius 1 is 1.25 bits per heavy atom. The second-order valence-corrected chi connectivity index (χ2v) is 4.96. The number of nitrogens with two attached hydrogens (primary N) is 2. The molecule has 4 nitrogen and oxygen atoms in total. The molecule has 1 unspecified atom stereocenters. The van der Waals surface area contributed by atoms with Crippen LogP contribution in [0.4, 0.5) is 11.4 Å². The minimum absolute atomic E-state index is 0.0471. The van der Waals surface area contributed by atoms with Crippen LogP contribution in [0.25, 0.3) is 0 Å². The molecule has 2 aromatic carbocycles. The van der Waals surface area contributed by atoms with Gasteiger partial charge in [-0.1, -0.05) is 29.8 Å². The summed E-state index contributed by atoms with van der Waals surface area (Å²) in [5, 5.41) is 3.92. The maximum absolute atomic E-state index is 11.2. The van der Waals surface area contributed by atoms with Crippen molar-refractivity contribution in [2.75, 3.05) is 11.1 Å². The molecule has 0 aromatic heterocycles. The number of hydrogen-bond acceptors (Lipinski definition) is 3. The number of hydrogen-bond donors (Lipinski definition) is 3. The van der Waals surface area contributed by atoms with E-state index in [1.807, 2.05) is 31.2 Å². The summed E-state index contributed by atoms with van der Waals surface area (Å²) >= 11 is 6.16. The van der Waals surface area contributed by atoms with Gasteiger partial charge in [-0.15, -0.1) is 0 Å². The number of nitrogens with one attached hydrogen (secondary N) is 1. The van der Waals surface area contributed by atoms with Gasteiger partial charge in [0, 0.05) is 10.6 Å². The number of nitrogen functional groups attached to an aromatic ring is 1. The molecule has 104 valence electrons. The van der Waals surface area contributed by atoms with Gasteiger partial charge in [0.15, 0.2) is 0 Å². The van der Waals surface area contributed by atoms with Crippen LogP contribution in [0, 0.1) is 0 Å². The highest BCUT2D eigenvalue weighted by Crippen LogP contribution is 2.28. The van der Waals surface area contributed by atoms with Crippen LogP contribution in [0.3, 0.4) is 0 Å². The van der Waals surface area contributed by atoms with Gasteiger partial charge < -0.3 is 16.8 Å². The number of primary amides is 1. The highest BCUT2D eigenvalue weighted by Gasteiger charge is 2.11. The Morgan fingerprint density at radius 2 is 1.95 bits per heavy atom. The number of benzene rings is 2. The molecule has 0 saturated carbocycles. The highest BCUT2D eigenvalue weighted by atomic mass is 35.5. The molecule has 0 aliphatic rings. The Balaban J connectivity index is 2.28. The molecule has 2 rings (SSSR count). The maximum Gasteiger partial charge on any atom is 0.248 e. The van der Waals surface area contributed by atoms with Gasteiger partial charge in [0.1, 0.15) is 0 Å². The number of carbonyl (C=O) groups excluding carboxylic acids is 1. The molecule has 0 radical (unpaired) electrons. The average molecular weight is 290 g/mol. The monoisotopic (exact) mass is 289 g/mol. The highest BCUT2D eigenvalue weighted by molar-refractivity contribution is 6.31. The van der Waals surface area contributed by atoms with Crippen molar-refractivity contribution in [3.8, 4) is 0 Å². The Kier molecular flexibility index (Phi) is 4.15. The number of anilines is 2. The maximum atomic E-state index is 11.2. The Morgan fingerprint density at radius 3 is 2.60 bits per heavy atom. The lowest BCUT2D eigenvalue weighted by Gasteiger charge is -2.18. The fraction of sp³-hybridized carbons (Fsp3) is 0.133. The summed E-state index contributed by atoms with van der Waals surface area (Å²) in [5.41, 5.74) is 13.8. The van der Waals surface area contributed by atoms with Crippen molar-refractivity contribution >= 4 is 28.9 Å². The van der Waals surface area contributed by atoms with Crippen LogP contribution < -0.4 is 16.8 Å². The molecule has 0 aliphatic heterocycles.